The van der Waals surface area contributed by atoms with Crippen LogP contribution in [0.3, 0.4) is 0 Å². The second-order valence-electron chi connectivity index (χ2n) is 5.87. The van der Waals surface area contributed by atoms with E-state index < -0.39 is 0 Å². The van der Waals surface area contributed by atoms with E-state index in [9.17, 15) is 10.2 Å². The molecule has 4 N–H and O–H groups in total. The summed E-state index contributed by atoms with van der Waals surface area (Å²) in [4.78, 5) is 0. The summed E-state index contributed by atoms with van der Waals surface area (Å²) in [6.07, 6.45) is 0.876. The summed E-state index contributed by atoms with van der Waals surface area (Å²) in [5, 5.41) is 19.9. The van der Waals surface area contributed by atoms with E-state index in [2.05, 4.69) is 36.4 Å². The van der Waals surface area contributed by atoms with Crippen molar-refractivity contribution in [3.05, 3.63) is 71.3 Å². The Labute approximate surface area is 134 Å². The minimum atomic E-state index is -0.132. The Hall–Kier alpha value is -2.78. The van der Waals surface area contributed by atoms with Gasteiger partial charge in [0.05, 0.1) is 0 Å². The molecule has 3 aromatic carbocycles. The highest BCUT2D eigenvalue weighted by atomic mass is 16.3. The van der Waals surface area contributed by atoms with Crippen LogP contribution in [0.4, 0.5) is 0 Å². The molecule has 0 radical (unpaired) electrons. The van der Waals surface area contributed by atoms with Crippen LogP contribution in [-0.4, -0.2) is 10.2 Å². The van der Waals surface area contributed by atoms with Gasteiger partial charge in [0.25, 0.3) is 0 Å². The van der Waals surface area contributed by atoms with Crippen LogP contribution in [0.15, 0.2) is 54.6 Å². The zero-order valence-corrected chi connectivity index (χ0v) is 12.6. The molecular weight excluding hydrogens is 286 g/mol. The second kappa shape index (κ2) is 5.14. The Morgan fingerprint density at radius 3 is 2.43 bits per heavy atom. The number of benzene rings is 3. The number of aromatic hydroxyl groups is 2. The summed E-state index contributed by atoms with van der Waals surface area (Å²) in [5.74, 6) is -0.261. The van der Waals surface area contributed by atoms with Gasteiger partial charge in [-0.25, -0.2) is 0 Å². The van der Waals surface area contributed by atoms with Crippen molar-refractivity contribution in [3.8, 4) is 33.8 Å². The van der Waals surface area contributed by atoms with Gasteiger partial charge in [-0.1, -0.05) is 42.5 Å². The molecule has 0 saturated carbocycles. The molecule has 0 saturated heterocycles. The average Bonchev–Trinajstić information content (AvgIpc) is 2.96. The molecule has 1 aliphatic rings. The quantitative estimate of drug-likeness (QED) is 0.493. The van der Waals surface area contributed by atoms with Crippen molar-refractivity contribution < 1.29 is 10.2 Å². The first-order chi connectivity index (χ1) is 11.2. The number of nitrogens with two attached hydrogens (primary N) is 1. The molecule has 0 bridgehead atoms. The monoisotopic (exact) mass is 303 g/mol. The number of hydrogen-bond donors (Lipinski definition) is 3. The predicted octanol–water partition coefficient (Wildman–Crippen LogP) is 3.79. The predicted molar refractivity (Wildman–Crippen MR) is 91.3 cm³/mol. The van der Waals surface area contributed by atoms with Crippen LogP contribution in [0, 0.1) is 0 Å². The van der Waals surface area contributed by atoms with E-state index in [-0.39, 0.29) is 18.0 Å². The highest BCUT2D eigenvalue weighted by molar-refractivity contribution is 5.85. The van der Waals surface area contributed by atoms with E-state index in [1.54, 1.807) is 6.07 Å². The molecule has 3 aromatic rings. The van der Waals surface area contributed by atoms with E-state index in [0.717, 1.165) is 17.5 Å². The lowest BCUT2D eigenvalue weighted by Gasteiger charge is -2.12. The summed E-state index contributed by atoms with van der Waals surface area (Å²) in [6.45, 7) is 0.183. The van der Waals surface area contributed by atoms with Crippen LogP contribution < -0.4 is 5.73 Å². The minimum Gasteiger partial charge on any atom is -0.504 e. The van der Waals surface area contributed by atoms with E-state index >= 15 is 0 Å². The third-order valence-corrected chi connectivity index (χ3v) is 4.55. The van der Waals surface area contributed by atoms with Crippen LogP contribution in [0.1, 0.15) is 16.7 Å². The number of fused-ring (bicyclic) bond motifs is 3. The molecule has 0 aromatic heterocycles. The fourth-order valence-electron chi connectivity index (χ4n) is 3.42. The third kappa shape index (κ3) is 2.09. The number of rotatable bonds is 2. The van der Waals surface area contributed by atoms with Gasteiger partial charge in [0.2, 0.25) is 0 Å². The van der Waals surface area contributed by atoms with Gasteiger partial charge in [-0.05, 0) is 51.9 Å². The molecule has 0 fully saturated rings. The van der Waals surface area contributed by atoms with Gasteiger partial charge in [-0.3, -0.25) is 0 Å². The molecule has 114 valence electrons. The summed E-state index contributed by atoms with van der Waals surface area (Å²) in [6, 6.07) is 18.1. The normalized spacial score (nSPS) is 12.0. The Balaban J connectivity index is 1.92. The zero-order valence-electron chi connectivity index (χ0n) is 12.6. The highest BCUT2D eigenvalue weighted by Crippen LogP contribution is 2.43. The zero-order chi connectivity index (χ0) is 16.0. The topological polar surface area (TPSA) is 66.5 Å². The van der Waals surface area contributed by atoms with Crippen LogP contribution in [0.25, 0.3) is 22.3 Å². The van der Waals surface area contributed by atoms with Gasteiger partial charge in [0.15, 0.2) is 11.5 Å². The van der Waals surface area contributed by atoms with Crippen molar-refractivity contribution >= 4 is 0 Å². The minimum absolute atomic E-state index is 0.129. The third-order valence-electron chi connectivity index (χ3n) is 4.55. The standard InChI is InChI=1S/C20H17NO2/c21-11-14-8-13(10-19(22)20(14)23)16-6-3-7-17-15-5-2-1-4-12(15)9-18(16)17/h1-8,10,22-23H,9,11,21H2. The fourth-order valence-corrected chi connectivity index (χ4v) is 3.42. The molecule has 0 aliphatic heterocycles. The SMILES string of the molecule is NCc1cc(-c2cccc3c2Cc2ccccc2-3)cc(O)c1O. The van der Waals surface area contributed by atoms with Crippen LogP contribution in [0.5, 0.6) is 11.5 Å². The maximum atomic E-state index is 9.99. The summed E-state index contributed by atoms with van der Waals surface area (Å²) in [5.41, 5.74) is 13.3. The molecule has 23 heavy (non-hydrogen) atoms. The molecule has 3 heteroatoms. The number of phenolic OH excluding ortho intramolecular Hbond substituents is 2. The first-order valence-electron chi connectivity index (χ1n) is 7.64. The van der Waals surface area contributed by atoms with Gasteiger partial charge < -0.3 is 15.9 Å². The van der Waals surface area contributed by atoms with E-state index in [4.69, 9.17) is 5.73 Å². The maximum Gasteiger partial charge on any atom is 0.162 e. The first-order valence-corrected chi connectivity index (χ1v) is 7.64. The molecule has 0 amide bonds. The van der Waals surface area contributed by atoms with Crippen molar-refractivity contribution in [2.24, 2.45) is 5.73 Å². The van der Waals surface area contributed by atoms with Crippen molar-refractivity contribution in [1.29, 1.82) is 0 Å². The molecule has 0 atom stereocenters. The van der Waals surface area contributed by atoms with Gasteiger partial charge >= 0.3 is 0 Å². The largest absolute Gasteiger partial charge is 0.504 e. The van der Waals surface area contributed by atoms with Crippen molar-refractivity contribution in [2.45, 2.75) is 13.0 Å². The Morgan fingerprint density at radius 1 is 0.870 bits per heavy atom. The summed E-state index contributed by atoms with van der Waals surface area (Å²) in [7, 11) is 0. The van der Waals surface area contributed by atoms with Gasteiger partial charge in [-0.15, -0.1) is 0 Å². The molecule has 1 aliphatic carbocycles. The van der Waals surface area contributed by atoms with Crippen LogP contribution >= 0.6 is 0 Å². The maximum absolute atomic E-state index is 9.99. The molecular formula is C20H17NO2. The van der Waals surface area contributed by atoms with Crippen molar-refractivity contribution in [1.82, 2.24) is 0 Å². The number of hydrogen-bond acceptors (Lipinski definition) is 3. The van der Waals surface area contributed by atoms with E-state index in [1.807, 2.05) is 12.1 Å². The first kappa shape index (κ1) is 13.9. The van der Waals surface area contributed by atoms with Gasteiger partial charge in [0, 0.05) is 12.1 Å². The molecule has 0 spiro atoms. The molecule has 0 unspecified atom stereocenters. The van der Waals surface area contributed by atoms with Gasteiger partial charge in [-0.2, -0.15) is 0 Å². The lowest BCUT2D eigenvalue weighted by Crippen LogP contribution is -1.98. The average molecular weight is 303 g/mol. The van der Waals surface area contributed by atoms with Crippen molar-refractivity contribution in [3.63, 3.8) is 0 Å². The summed E-state index contributed by atoms with van der Waals surface area (Å²) >= 11 is 0. The Morgan fingerprint density at radius 2 is 1.61 bits per heavy atom. The second-order valence-corrected chi connectivity index (χ2v) is 5.87. The van der Waals surface area contributed by atoms with Crippen LogP contribution in [-0.2, 0) is 13.0 Å². The lowest BCUT2D eigenvalue weighted by atomic mass is 9.94. The summed E-state index contributed by atoms with van der Waals surface area (Å²) < 4.78 is 0. The smallest absolute Gasteiger partial charge is 0.162 e. The Bertz CT molecular complexity index is 916. The molecule has 4 rings (SSSR count). The van der Waals surface area contributed by atoms with Crippen LogP contribution in [0.2, 0.25) is 0 Å². The lowest BCUT2D eigenvalue weighted by molar-refractivity contribution is 0.400. The molecule has 3 nitrogen and oxygen atoms in total. The number of phenols is 2. The van der Waals surface area contributed by atoms with Crippen molar-refractivity contribution in [2.75, 3.05) is 0 Å². The van der Waals surface area contributed by atoms with E-state index in [1.165, 1.54) is 22.3 Å². The van der Waals surface area contributed by atoms with Gasteiger partial charge in [0.1, 0.15) is 0 Å². The van der Waals surface area contributed by atoms with E-state index in [0.29, 0.717) is 5.56 Å². The Kier molecular flexibility index (Phi) is 3.10. The fraction of sp³-hybridized carbons (Fsp3) is 0.100. The highest BCUT2D eigenvalue weighted by Gasteiger charge is 2.21. The molecule has 0 heterocycles.